The molecule has 118 valence electrons. The fraction of sp³-hybridized carbons (Fsp3) is 0.538. The topological polar surface area (TPSA) is 57.5 Å². The monoisotopic (exact) mass is 355 g/mol. The van der Waals surface area contributed by atoms with Crippen LogP contribution in [0.15, 0.2) is 12.3 Å². The Balaban J connectivity index is 3.26. The summed E-state index contributed by atoms with van der Waals surface area (Å²) >= 11 is 16.8. The van der Waals surface area contributed by atoms with Crippen molar-refractivity contribution in [3.8, 4) is 0 Å². The van der Waals surface area contributed by atoms with Crippen LogP contribution in [-0.4, -0.2) is 39.9 Å². The number of Topliss-reactive ketones (excluding diaryl/α,β-unsaturated/α-hetero) is 1. The van der Waals surface area contributed by atoms with Gasteiger partial charge in [-0.3, -0.25) is 4.79 Å². The molecule has 0 aliphatic rings. The molecule has 0 fully saturated rings. The summed E-state index contributed by atoms with van der Waals surface area (Å²) in [5.41, 5.74) is -0.259. The Bertz CT molecular complexity index is 546. The molecule has 0 aromatic carbocycles. The minimum absolute atomic E-state index is 0.113. The van der Waals surface area contributed by atoms with Crippen LogP contribution in [0.2, 0.25) is 0 Å². The van der Waals surface area contributed by atoms with Crippen LogP contribution in [0.5, 0.6) is 0 Å². The van der Waals surface area contributed by atoms with E-state index in [1.165, 1.54) is 19.4 Å². The summed E-state index contributed by atoms with van der Waals surface area (Å²) in [4.78, 5) is 23.8. The van der Waals surface area contributed by atoms with Crippen LogP contribution in [0, 0.1) is 0 Å². The zero-order valence-corrected chi connectivity index (χ0v) is 14.3. The molecule has 0 saturated carbocycles. The van der Waals surface area contributed by atoms with Crippen molar-refractivity contribution in [1.82, 2.24) is 4.57 Å². The van der Waals surface area contributed by atoms with Gasteiger partial charge in [-0.15, -0.1) is 0 Å². The average molecular weight is 357 g/mol. The quantitative estimate of drug-likeness (QED) is 0.462. The molecule has 21 heavy (non-hydrogen) atoms. The molecule has 0 spiro atoms. The summed E-state index contributed by atoms with van der Waals surface area (Å²) in [6, 6.07) is 1.34. The minimum atomic E-state index is -2.09. The number of aromatic nitrogens is 1. The van der Waals surface area contributed by atoms with Gasteiger partial charge in [-0.1, -0.05) is 34.8 Å². The molecule has 0 saturated heterocycles. The lowest BCUT2D eigenvalue weighted by Crippen LogP contribution is -2.30. The van der Waals surface area contributed by atoms with E-state index in [1.807, 2.05) is 13.8 Å². The van der Waals surface area contributed by atoms with Crippen molar-refractivity contribution in [3.05, 3.63) is 23.5 Å². The molecule has 0 radical (unpaired) electrons. The van der Waals surface area contributed by atoms with E-state index >= 15 is 0 Å². The largest absolute Gasteiger partial charge is 0.464 e. The number of alkyl halides is 3. The summed E-state index contributed by atoms with van der Waals surface area (Å²) in [7, 11) is 2.80. The zero-order chi connectivity index (χ0) is 16.4. The van der Waals surface area contributed by atoms with Crippen molar-refractivity contribution in [2.45, 2.75) is 29.8 Å². The van der Waals surface area contributed by atoms with Gasteiger partial charge in [-0.2, -0.15) is 0 Å². The van der Waals surface area contributed by atoms with Gasteiger partial charge >= 0.3 is 5.97 Å². The molecule has 1 aromatic heterocycles. The number of halogens is 3. The summed E-state index contributed by atoms with van der Waals surface area (Å²) in [6.07, 6.45) is 1.44. The van der Waals surface area contributed by atoms with Crippen LogP contribution < -0.4 is 0 Å². The lowest BCUT2D eigenvalue weighted by molar-refractivity contribution is 0.00718. The van der Waals surface area contributed by atoms with Crippen molar-refractivity contribution in [2.24, 2.45) is 0 Å². The number of ketones is 1. The third kappa shape index (κ3) is 4.61. The van der Waals surface area contributed by atoms with Crippen molar-refractivity contribution in [3.63, 3.8) is 0 Å². The third-order valence-electron chi connectivity index (χ3n) is 2.91. The van der Waals surface area contributed by atoms with Gasteiger partial charge in [0, 0.05) is 18.9 Å². The van der Waals surface area contributed by atoms with Gasteiger partial charge in [-0.25, -0.2) is 4.79 Å². The highest BCUT2D eigenvalue weighted by Crippen LogP contribution is 2.31. The summed E-state index contributed by atoms with van der Waals surface area (Å²) in [5, 5.41) is 0. The second kappa shape index (κ2) is 6.57. The zero-order valence-electron chi connectivity index (χ0n) is 12.1. The summed E-state index contributed by atoms with van der Waals surface area (Å²) in [6.45, 7) is 4.00. The normalized spacial score (nSPS) is 12.3. The Morgan fingerprint density at radius 3 is 2.24 bits per heavy atom. The summed E-state index contributed by atoms with van der Waals surface area (Å²) in [5.74, 6) is -1.31. The minimum Gasteiger partial charge on any atom is -0.464 e. The highest BCUT2D eigenvalue weighted by atomic mass is 35.6. The molecular weight excluding hydrogens is 341 g/mol. The Morgan fingerprint density at radius 2 is 1.81 bits per heavy atom. The fourth-order valence-corrected chi connectivity index (χ4v) is 2.01. The number of methoxy groups -OCH3 is 2. The average Bonchev–Trinajstić information content (AvgIpc) is 2.78. The first-order valence-corrected chi connectivity index (χ1v) is 7.10. The van der Waals surface area contributed by atoms with Crippen molar-refractivity contribution in [1.29, 1.82) is 0 Å². The second-order valence-electron chi connectivity index (χ2n) is 5.02. The van der Waals surface area contributed by atoms with E-state index in [4.69, 9.17) is 44.3 Å². The highest BCUT2D eigenvalue weighted by Gasteiger charge is 2.34. The number of nitrogens with zero attached hydrogens (tertiary/aromatic N) is 1. The first-order chi connectivity index (χ1) is 9.51. The maximum atomic E-state index is 12.0. The third-order valence-corrected chi connectivity index (χ3v) is 3.43. The SMILES string of the molecule is COC(=O)c1cc(C(=O)C(Cl)(Cl)Cl)cn1CC(C)(C)OC. The lowest BCUT2D eigenvalue weighted by Gasteiger charge is -2.24. The van der Waals surface area contributed by atoms with E-state index in [1.54, 1.807) is 11.7 Å². The molecule has 1 aromatic rings. The molecule has 0 amide bonds. The molecule has 1 rings (SSSR count). The maximum Gasteiger partial charge on any atom is 0.354 e. The molecular formula is C13H16Cl3NO4. The van der Waals surface area contributed by atoms with Gasteiger partial charge in [0.1, 0.15) is 5.69 Å². The highest BCUT2D eigenvalue weighted by molar-refractivity contribution is 6.77. The number of rotatable bonds is 5. The number of esters is 1. The van der Waals surface area contributed by atoms with E-state index in [0.717, 1.165) is 0 Å². The number of hydrogen-bond donors (Lipinski definition) is 0. The van der Waals surface area contributed by atoms with Gasteiger partial charge in [0.2, 0.25) is 5.78 Å². The predicted octanol–water partition coefficient (Wildman–Crippen LogP) is 3.25. The van der Waals surface area contributed by atoms with Crippen molar-refractivity contribution in [2.75, 3.05) is 14.2 Å². The molecule has 0 N–H and O–H groups in total. The number of carbonyl (C=O) groups excluding carboxylic acids is 2. The lowest BCUT2D eigenvalue weighted by atomic mass is 10.1. The molecule has 0 unspecified atom stereocenters. The number of hydrogen-bond acceptors (Lipinski definition) is 4. The Morgan fingerprint density at radius 1 is 1.24 bits per heavy atom. The molecule has 1 heterocycles. The first-order valence-electron chi connectivity index (χ1n) is 5.97. The molecule has 0 bridgehead atoms. The smallest absolute Gasteiger partial charge is 0.354 e. The van der Waals surface area contributed by atoms with E-state index in [2.05, 4.69) is 0 Å². The molecule has 0 aliphatic heterocycles. The summed E-state index contributed by atoms with van der Waals surface area (Å²) < 4.78 is 9.46. The van der Waals surface area contributed by atoms with Crippen LogP contribution in [0.25, 0.3) is 0 Å². The Hall–Kier alpha value is -0.750. The van der Waals surface area contributed by atoms with Crippen molar-refractivity contribution < 1.29 is 19.1 Å². The van der Waals surface area contributed by atoms with E-state index in [-0.39, 0.29) is 11.3 Å². The van der Waals surface area contributed by atoms with Crippen LogP contribution in [0.3, 0.4) is 0 Å². The van der Waals surface area contributed by atoms with Crippen LogP contribution >= 0.6 is 34.8 Å². The molecule has 8 heteroatoms. The van der Waals surface area contributed by atoms with E-state index < -0.39 is 21.1 Å². The number of ether oxygens (including phenoxy) is 2. The Labute approximate surface area is 138 Å². The van der Waals surface area contributed by atoms with Crippen LogP contribution in [0.1, 0.15) is 34.7 Å². The van der Waals surface area contributed by atoms with Crippen molar-refractivity contribution >= 4 is 46.6 Å². The first kappa shape index (κ1) is 18.3. The van der Waals surface area contributed by atoms with Gasteiger partial charge in [-0.05, 0) is 19.9 Å². The van der Waals surface area contributed by atoms with Gasteiger partial charge in [0.15, 0.2) is 0 Å². The molecule has 0 atom stereocenters. The van der Waals surface area contributed by atoms with Gasteiger partial charge in [0.25, 0.3) is 3.79 Å². The molecule has 5 nitrogen and oxygen atoms in total. The second-order valence-corrected chi connectivity index (χ2v) is 7.31. The molecule has 0 aliphatic carbocycles. The predicted molar refractivity (Wildman–Crippen MR) is 81.5 cm³/mol. The van der Waals surface area contributed by atoms with Crippen LogP contribution in [0.4, 0.5) is 0 Å². The van der Waals surface area contributed by atoms with E-state index in [9.17, 15) is 9.59 Å². The Kier molecular flexibility index (Phi) is 5.72. The van der Waals surface area contributed by atoms with Gasteiger partial charge < -0.3 is 14.0 Å². The van der Waals surface area contributed by atoms with E-state index in [0.29, 0.717) is 6.54 Å². The van der Waals surface area contributed by atoms with Crippen LogP contribution in [-0.2, 0) is 16.0 Å². The standard InChI is InChI=1S/C13H16Cl3NO4/c1-12(2,21-4)7-17-6-8(10(18)13(14,15)16)5-9(17)11(19)20-3/h5-6H,7H2,1-4H3. The van der Waals surface area contributed by atoms with Gasteiger partial charge in [0.05, 0.1) is 19.3 Å². The number of carbonyl (C=O) groups is 2. The maximum absolute atomic E-state index is 12.0. The fourth-order valence-electron chi connectivity index (χ4n) is 1.68.